The second kappa shape index (κ2) is 11.1. The van der Waals surface area contributed by atoms with Crippen LogP contribution in [0.15, 0.2) is 17.5 Å². The lowest BCUT2D eigenvalue weighted by atomic mass is 9.96. The van der Waals surface area contributed by atoms with Crippen LogP contribution in [0.2, 0.25) is 0 Å². The zero-order valence-corrected chi connectivity index (χ0v) is 16.1. The summed E-state index contributed by atoms with van der Waals surface area (Å²) in [6.45, 7) is 4.29. The molecule has 5 nitrogen and oxygen atoms in total. The number of hydrogen-bond acceptors (Lipinski definition) is 3. The molecule has 140 valence electrons. The first-order chi connectivity index (χ1) is 12.2. The lowest BCUT2D eigenvalue weighted by molar-refractivity contribution is -0.126. The number of anilines is 1. The molecule has 2 heterocycles. The number of rotatable bonds is 9. The summed E-state index contributed by atoms with van der Waals surface area (Å²) < 4.78 is 0. The summed E-state index contributed by atoms with van der Waals surface area (Å²) in [6.07, 6.45) is 8.91. The number of hydrogen-bond donors (Lipinski definition) is 2. The normalized spacial score (nSPS) is 15.2. The number of likely N-dealkylation sites (tertiary alicyclic amines) is 1. The van der Waals surface area contributed by atoms with Crippen molar-refractivity contribution in [1.82, 2.24) is 10.2 Å². The first-order valence-electron chi connectivity index (χ1n) is 9.58. The van der Waals surface area contributed by atoms with Gasteiger partial charge in [0.2, 0.25) is 5.91 Å². The molecule has 25 heavy (non-hydrogen) atoms. The van der Waals surface area contributed by atoms with Crippen LogP contribution >= 0.6 is 11.3 Å². The molecule has 0 aromatic carbocycles. The lowest BCUT2D eigenvalue weighted by Crippen LogP contribution is -2.44. The van der Waals surface area contributed by atoms with Crippen molar-refractivity contribution in [3.05, 3.63) is 17.5 Å². The molecule has 1 aromatic rings. The average molecular weight is 366 g/mol. The van der Waals surface area contributed by atoms with Crippen molar-refractivity contribution in [2.45, 2.75) is 58.3 Å². The van der Waals surface area contributed by atoms with Crippen LogP contribution in [0.4, 0.5) is 9.80 Å². The van der Waals surface area contributed by atoms with Crippen molar-refractivity contribution < 1.29 is 9.59 Å². The van der Waals surface area contributed by atoms with Gasteiger partial charge in [0.1, 0.15) is 0 Å². The van der Waals surface area contributed by atoms with E-state index in [-0.39, 0.29) is 17.9 Å². The number of nitrogens with zero attached hydrogens (tertiary/aromatic N) is 1. The number of amides is 3. The molecule has 1 fully saturated rings. The van der Waals surface area contributed by atoms with E-state index in [9.17, 15) is 9.59 Å². The highest BCUT2D eigenvalue weighted by Gasteiger charge is 2.27. The molecule has 0 spiro atoms. The third-order valence-electron chi connectivity index (χ3n) is 4.73. The average Bonchev–Trinajstić information content (AvgIpc) is 3.14. The fraction of sp³-hybridized carbons (Fsp3) is 0.684. The molecular weight excluding hydrogens is 334 g/mol. The van der Waals surface area contributed by atoms with Gasteiger partial charge >= 0.3 is 6.03 Å². The van der Waals surface area contributed by atoms with E-state index in [1.165, 1.54) is 43.4 Å². The van der Waals surface area contributed by atoms with Crippen LogP contribution in [-0.2, 0) is 4.79 Å². The first-order valence-corrected chi connectivity index (χ1v) is 10.5. The Morgan fingerprint density at radius 1 is 1.16 bits per heavy atom. The van der Waals surface area contributed by atoms with Gasteiger partial charge in [0.05, 0.1) is 5.00 Å². The van der Waals surface area contributed by atoms with E-state index >= 15 is 0 Å². The van der Waals surface area contributed by atoms with Gasteiger partial charge in [-0.3, -0.25) is 10.1 Å². The molecule has 0 saturated carbocycles. The maximum Gasteiger partial charge on any atom is 0.322 e. The summed E-state index contributed by atoms with van der Waals surface area (Å²) in [6, 6.07) is 3.75. The topological polar surface area (TPSA) is 61.4 Å². The Hall–Kier alpha value is -1.56. The van der Waals surface area contributed by atoms with E-state index in [1.807, 2.05) is 17.5 Å². The summed E-state index contributed by atoms with van der Waals surface area (Å²) in [7, 11) is 0. The Morgan fingerprint density at radius 3 is 2.56 bits per heavy atom. The predicted octanol–water partition coefficient (Wildman–Crippen LogP) is 4.47. The highest BCUT2D eigenvalue weighted by atomic mass is 32.1. The fourth-order valence-electron chi connectivity index (χ4n) is 3.14. The summed E-state index contributed by atoms with van der Waals surface area (Å²) in [5.41, 5.74) is 0. The molecule has 0 atom stereocenters. The van der Waals surface area contributed by atoms with E-state index in [2.05, 4.69) is 17.6 Å². The largest absolute Gasteiger partial charge is 0.356 e. The Balaban J connectivity index is 1.57. The number of piperidine rings is 1. The lowest BCUT2D eigenvalue weighted by Gasteiger charge is -2.31. The van der Waals surface area contributed by atoms with Crippen molar-refractivity contribution in [2.24, 2.45) is 5.92 Å². The molecule has 0 aliphatic carbocycles. The molecule has 2 N–H and O–H groups in total. The predicted molar refractivity (Wildman–Crippen MR) is 104 cm³/mol. The molecule has 2 rings (SSSR count). The maximum absolute atomic E-state index is 12.2. The highest BCUT2D eigenvalue weighted by molar-refractivity contribution is 7.14. The number of carbonyl (C=O) groups excluding carboxylic acids is 2. The van der Waals surface area contributed by atoms with E-state index < -0.39 is 0 Å². The minimum atomic E-state index is -0.0617. The van der Waals surface area contributed by atoms with Gasteiger partial charge < -0.3 is 10.2 Å². The van der Waals surface area contributed by atoms with Crippen LogP contribution in [0.25, 0.3) is 0 Å². The Morgan fingerprint density at radius 2 is 1.88 bits per heavy atom. The highest BCUT2D eigenvalue weighted by Crippen LogP contribution is 2.20. The second-order valence-electron chi connectivity index (χ2n) is 6.73. The number of unbranched alkanes of at least 4 members (excludes halogenated alkanes) is 5. The third-order valence-corrected chi connectivity index (χ3v) is 5.52. The zero-order chi connectivity index (χ0) is 17.9. The third kappa shape index (κ3) is 7.06. The van der Waals surface area contributed by atoms with E-state index in [1.54, 1.807) is 4.90 Å². The summed E-state index contributed by atoms with van der Waals surface area (Å²) in [5, 5.41) is 8.78. The van der Waals surface area contributed by atoms with Crippen molar-refractivity contribution in [2.75, 3.05) is 25.0 Å². The van der Waals surface area contributed by atoms with Gasteiger partial charge in [-0.25, -0.2) is 4.79 Å². The van der Waals surface area contributed by atoms with E-state index in [0.717, 1.165) is 30.8 Å². The number of urea groups is 1. The molecule has 1 saturated heterocycles. The van der Waals surface area contributed by atoms with Gasteiger partial charge in [-0.15, -0.1) is 11.3 Å². The molecule has 0 bridgehead atoms. The molecule has 3 amide bonds. The minimum Gasteiger partial charge on any atom is -0.356 e. The Kier molecular flexibility index (Phi) is 8.80. The zero-order valence-electron chi connectivity index (χ0n) is 15.3. The Labute approximate surface area is 155 Å². The van der Waals surface area contributed by atoms with Crippen molar-refractivity contribution in [3.63, 3.8) is 0 Å². The number of thiophene rings is 1. The minimum absolute atomic E-state index is 0.0471. The van der Waals surface area contributed by atoms with E-state index in [4.69, 9.17) is 0 Å². The second-order valence-corrected chi connectivity index (χ2v) is 7.68. The molecule has 1 aromatic heterocycles. The van der Waals surface area contributed by atoms with Crippen LogP contribution < -0.4 is 10.6 Å². The van der Waals surface area contributed by atoms with Gasteiger partial charge in [-0.2, -0.15) is 0 Å². The fourth-order valence-corrected chi connectivity index (χ4v) is 3.75. The maximum atomic E-state index is 12.2. The van der Waals surface area contributed by atoms with Crippen molar-refractivity contribution in [3.8, 4) is 0 Å². The monoisotopic (exact) mass is 365 g/mol. The van der Waals surface area contributed by atoms with Gasteiger partial charge in [0.15, 0.2) is 0 Å². The van der Waals surface area contributed by atoms with Crippen LogP contribution in [0, 0.1) is 5.92 Å². The van der Waals surface area contributed by atoms with Gasteiger partial charge in [-0.1, -0.05) is 39.0 Å². The van der Waals surface area contributed by atoms with Crippen LogP contribution in [-0.4, -0.2) is 36.5 Å². The van der Waals surface area contributed by atoms with E-state index in [0.29, 0.717) is 13.1 Å². The van der Waals surface area contributed by atoms with Crippen LogP contribution in [0.1, 0.15) is 58.3 Å². The van der Waals surface area contributed by atoms with Crippen molar-refractivity contribution in [1.29, 1.82) is 0 Å². The number of nitrogens with one attached hydrogen (secondary N) is 2. The van der Waals surface area contributed by atoms with Crippen LogP contribution in [0.5, 0.6) is 0 Å². The molecular formula is C19H31N3O2S. The Bertz CT molecular complexity index is 511. The molecule has 1 aliphatic rings. The van der Waals surface area contributed by atoms with Gasteiger partial charge in [-0.05, 0) is 36.8 Å². The summed E-state index contributed by atoms with van der Waals surface area (Å²) in [4.78, 5) is 26.2. The molecule has 6 heteroatoms. The smallest absolute Gasteiger partial charge is 0.322 e. The van der Waals surface area contributed by atoms with Gasteiger partial charge in [0.25, 0.3) is 0 Å². The molecule has 1 aliphatic heterocycles. The molecule has 0 radical (unpaired) electrons. The molecule has 0 unspecified atom stereocenters. The first kappa shape index (κ1) is 19.8. The summed E-state index contributed by atoms with van der Waals surface area (Å²) >= 11 is 1.52. The van der Waals surface area contributed by atoms with Crippen molar-refractivity contribution >= 4 is 28.3 Å². The quantitative estimate of drug-likeness (QED) is 0.634. The SMILES string of the molecule is CCCCCCCCNC(=O)C1CCN(C(=O)Nc2cccs2)CC1. The van der Waals surface area contributed by atoms with Crippen LogP contribution in [0.3, 0.4) is 0 Å². The standard InChI is InChI=1S/C19H31N3O2S/c1-2-3-4-5-6-7-12-20-18(23)16-10-13-22(14-11-16)19(24)21-17-9-8-15-25-17/h8-9,15-16H,2-7,10-14H2,1H3,(H,20,23)(H,21,24). The van der Waals surface area contributed by atoms with Gasteiger partial charge in [0, 0.05) is 25.6 Å². The number of carbonyl (C=O) groups is 2. The summed E-state index contributed by atoms with van der Waals surface area (Å²) in [5.74, 6) is 0.206.